The van der Waals surface area contributed by atoms with Crippen molar-refractivity contribution in [1.29, 1.82) is 0 Å². The van der Waals surface area contributed by atoms with Crippen LogP contribution in [0.2, 0.25) is 0 Å². The van der Waals surface area contributed by atoms with Gasteiger partial charge in [-0.3, -0.25) is 14.5 Å². The number of hydrogen-bond donors (Lipinski definition) is 0. The summed E-state index contributed by atoms with van der Waals surface area (Å²) in [4.78, 5) is 31.2. The predicted octanol–water partition coefficient (Wildman–Crippen LogP) is 4.71. The van der Waals surface area contributed by atoms with Crippen LogP contribution in [0, 0.1) is 12.3 Å². The van der Waals surface area contributed by atoms with Crippen LogP contribution in [-0.4, -0.2) is 31.8 Å². The van der Waals surface area contributed by atoms with Gasteiger partial charge < -0.3 is 4.57 Å². The summed E-state index contributed by atoms with van der Waals surface area (Å²) in [5, 5.41) is 0. The smallest absolute Gasteiger partial charge is 0.262 e. The number of imidazole rings is 1. The van der Waals surface area contributed by atoms with Crippen LogP contribution in [0.25, 0.3) is 0 Å². The maximum Gasteiger partial charge on any atom is 0.262 e. The molecule has 27 heavy (non-hydrogen) atoms. The highest BCUT2D eigenvalue weighted by atomic mass is 16.2. The molecule has 0 N–H and O–H groups in total. The third-order valence-electron chi connectivity index (χ3n) is 4.83. The minimum atomic E-state index is -0.578. The van der Waals surface area contributed by atoms with E-state index in [-0.39, 0.29) is 17.2 Å². The van der Waals surface area contributed by atoms with Gasteiger partial charge >= 0.3 is 0 Å². The second-order valence-electron chi connectivity index (χ2n) is 8.31. The highest BCUT2D eigenvalue weighted by Gasteiger charge is 2.45. The summed E-state index contributed by atoms with van der Waals surface area (Å²) < 4.78 is 2.11. The molecule has 1 aliphatic rings. The number of rotatable bonds is 5. The Morgan fingerprint density at radius 1 is 0.963 bits per heavy atom. The third-order valence-corrected chi connectivity index (χ3v) is 4.83. The molecule has 0 bridgehead atoms. The number of carbonyl (C=O) groups excluding carboxylic acids is 2. The topological polar surface area (TPSA) is 55.2 Å². The lowest BCUT2D eigenvalue weighted by Gasteiger charge is -2.40. The number of imide groups is 1. The predicted molar refractivity (Wildman–Crippen MR) is 108 cm³/mol. The number of aromatic nitrogens is 2. The van der Waals surface area contributed by atoms with E-state index in [1.165, 1.54) is 4.90 Å². The van der Waals surface area contributed by atoms with Crippen molar-refractivity contribution in [2.24, 2.45) is 5.41 Å². The van der Waals surface area contributed by atoms with Crippen molar-refractivity contribution in [3.8, 4) is 0 Å². The first kappa shape index (κ1) is 20.9. The van der Waals surface area contributed by atoms with E-state index in [0.29, 0.717) is 17.5 Å². The number of hydrogen-bond acceptors (Lipinski definition) is 3. The summed E-state index contributed by atoms with van der Waals surface area (Å²) >= 11 is 0. The monoisotopic (exact) mass is 369 g/mol. The Morgan fingerprint density at radius 2 is 1.48 bits per heavy atom. The number of fused-ring (bicyclic) bond motifs is 1. The molecular formula is C22H31N3O2. The maximum atomic E-state index is 12.8. The zero-order chi connectivity index (χ0) is 20.4. The average molecular weight is 370 g/mol. The first-order valence-electron chi connectivity index (χ1n) is 9.57. The fourth-order valence-corrected chi connectivity index (χ4v) is 4.06. The molecule has 2 heterocycles. The number of benzene rings is 1. The molecule has 2 amide bonds. The van der Waals surface area contributed by atoms with Crippen LogP contribution < -0.4 is 0 Å². The Balaban J connectivity index is 0.00000126. The SMILES string of the molecule is CC.Cc1cncn1CC(C)(C)CC(C)(C)N1C(=O)c2ccccc2C1=O. The van der Waals surface area contributed by atoms with Gasteiger partial charge in [-0.2, -0.15) is 0 Å². The number of nitrogens with zero attached hydrogens (tertiary/aromatic N) is 3. The van der Waals surface area contributed by atoms with Crippen LogP contribution in [0.1, 0.15) is 74.4 Å². The van der Waals surface area contributed by atoms with Crippen molar-refractivity contribution in [2.45, 2.75) is 67.0 Å². The van der Waals surface area contributed by atoms with Crippen LogP contribution in [0.5, 0.6) is 0 Å². The first-order chi connectivity index (χ1) is 12.6. The molecule has 0 aliphatic carbocycles. The van der Waals surface area contributed by atoms with E-state index < -0.39 is 5.54 Å². The normalized spacial score (nSPS) is 14.1. The Labute approximate surface area is 162 Å². The van der Waals surface area contributed by atoms with Crippen LogP contribution in [0.3, 0.4) is 0 Å². The van der Waals surface area contributed by atoms with E-state index in [9.17, 15) is 9.59 Å². The van der Waals surface area contributed by atoms with Crippen LogP contribution in [0.4, 0.5) is 0 Å². The van der Waals surface area contributed by atoms with Gasteiger partial charge in [-0.15, -0.1) is 0 Å². The average Bonchev–Trinajstić information content (AvgIpc) is 3.10. The molecule has 0 unspecified atom stereocenters. The molecule has 0 saturated heterocycles. The van der Waals surface area contributed by atoms with Crippen molar-refractivity contribution in [2.75, 3.05) is 0 Å². The lowest BCUT2D eigenvalue weighted by atomic mass is 9.79. The van der Waals surface area contributed by atoms with Gasteiger partial charge in [-0.05, 0) is 44.7 Å². The van der Waals surface area contributed by atoms with E-state index >= 15 is 0 Å². The summed E-state index contributed by atoms with van der Waals surface area (Å²) in [6.07, 6.45) is 4.36. The summed E-state index contributed by atoms with van der Waals surface area (Å²) in [5.41, 5.74) is 1.43. The Bertz CT molecular complexity index is 799. The van der Waals surface area contributed by atoms with Crippen molar-refractivity contribution in [3.63, 3.8) is 0 Å². The number of carbonyl (C=O) groups is 2. The molecule has 0 radical (unpaired) electrons. The van der Waals surface area contributed by atoms with Gasteiger partial charge in [-0.1, -0.05) is 39.8 Å². The summed E-state index contributed by atoms with van der Waals surface area (Å²) in [5.74, 6) is -0.388. The molecule has 3 rings (SSSR count). The van der Waals surface area contributed by atoms with Gasteiger partial charge in [0.1, 0.15) is 0 Å². The maximum absolute atomic E-state index is 12.8. The Kier molecular flexibility index (Phi) is 5.93. The van der Waals surface area contributed by atoms with Gasteiger partial charge in [0.2, 0.25) is 0 Å². The molecule has 1 aromatic carbocycles. The third kappa shape index (κ3) is 4.12. The van der Waals surface area contributed by atoms with Gasteiger partial charge in [0.05, 0.1) is 17.5 Å². The van der Waals surface area contributed by atoms with Crippen molar-refractivity contribution >= 4 is 11.8 Å². The zero-order valence-corrected chi connectivity index (χ0v) is 17.5. The largest absolute Gasteiger partial charge is 0.334 e. The van der Waals surface area contributed by atoms with Gasteiger partial charge in [0.25, 0.3) is 11.8 Å². The Hall–Kier alpha value is -2.43. The molecule has 0 spiro atoms. The molecule has 2 aromatic rings. The lowest BCUT2D eigenvalue weighted by Crippen LogP contribution is -2.50. The summed E-state index contributed by atoms with van der Waals surface area (Å²) in [6, 6.07) is 7.05. The standard InChI is InChI=1S/C20H25N3O2.C2H6/c1-14-10-21-13-22(14)12-19(2,3)11-20(4,5)23-17(24)15-8-6-7-9-16(15)18(23)25;1-2/h6-10,13H,11-12H2,1-5H3;1-2H3. The fraction of sp³-hybridized carbons (Fsp3) is 0.500. The molecule has 5 nitrogen and oxygen atoms in total. The van der Waals surface area contributed by atoms with E-state index in [0.717, 1.165) is 12.2 Å². The number of amides is 2. The van der Waals surface area contributed by atoms with Crippen molar-refractivity contribution in [1.82, 2.24) is 14.5 Å². The van der Waals surface area contributed by atoms with E-state index in [4.69, 9.17) is 0 Å². The molecule has 1 aliphatic heterocycles. The first-order valence-corrected chi connectivity index (χ1v) is 9.57. The van der Waals surface area contributed by atoms with E-state index in [2.05, 4.69) is 23.4 Å². The molecule has 1 aromatic heterocycles. The fourth-order valence-electron chi connectivity index (χ4n) is 4.06. The highest BCUT2D eigenvalue weighted by Crippen LogP contribution is 2.37. The Morgan fingerprint density at radius 3 is 1.93 bits per heavy atom. The van der Waals surface area contributed by atoms with Gasteiger partial charge in [-0.25, -0.2) is 4.98 Å². The molecule has 0 saturated carbocycles. The quantitative estimate of drug-likeness (QED) is 0.717. The molecular weight excluding hydrogens is 338 g/mol. The summed E-state index contributed by atoms with van der Waals surface area (Å²) in [6.45, 7) is 15.1. The second-order valence-corrected chi connectivity index (χ2v) is 8.31. The summed E-state index contributed by atoms with van der Waals surface area (Å²) in [7, 11) is 0. The van der Waals surface area contributed by atoms with Gasteiger partial charge in [0, 0.05) is 24.0 Å². The molecule has 0 atom stereocenters. The van der Waals surface area contributed by atoms with Gasteiger partial charge in [0.15, 0.2) is 0 Å². The zero-order valence-electron chi connectivity index (χ0n) is 17.5. The molecule has 5 heteroatoms. The van der Waals surface area contributed by atoms with Crippen molar-refractivity contribution < 1.29 is 9.59 Å². The van der Waals surface area contributed by atoms with E-state index in [1.54, 1.807) is 24.3 Å². The van der Waals surface area contributed by atoms with Crippen LogP contribution in [0.15, 0.2) is 36.8 Å². The highest BCUT2D eigenvalue weighted by molar-refractivity contribution is 6.21. The number of aryl methyl sites for hydroxylation is 1. The minimum Gasteiger partial charge on any atom is -0.334 e. The van der Waals surface area contributed by atoms with Crippen LogP contribution in [-0.2, 0) is 6.54 Å². The van der Waals surface area contributed by atoms with E-state index in [1.807, 2.05) is 47.1 Å². The minimum absolute atomic E-state index is 0.107. The lowest BCUT2D eigenvalue weighted by molar-refractivity contribution is 0.0381. The van der Waals surface area contributed by atoms with Crippen LogP contribution >= 0.6 is 0 Å². The second kappa shape index (κ2) is 7.67. The molecule has 0 fully saturated rings. The molecule has 146 valence electrons. The van der Waals surface area contributed by atoms with Crippen molar-refractivity contribution in [3.05, 3.63) is 53.6 Å².